The summed E-state index contributed by atoms with van der Waals surface area (Å²) in [5, 5.41) is 21.7. The highest BCUT2D eigenvalue weighted by atomic mass is 16.6. The molecular weight excluding hydrogens is 572 g/mol. The lowest BCUT2D eigenvalue weighted by atomic mass is 9.98. The molecule has 0 unspecified atom stereocenters. The number of carbonyl (C=O) groups excluding carboxylic acids is 2. The minimum absolute atomic E-state index is 0.00623. The molecule has 0 aliphatic carbocycles. The van der Waals surface area contributed by atoms with E-state index < -0.39 is 54.3 Å². The topological polar surface area (TPSA) is 235 Å². The largest absolute Gasteiger partial charge is 0.497 e. The van der Waals surface area contributed by atoms with Gasteiger partial charge in [0, 0.05) is 0 Å². The van der Waals surface area contributed by atoms with Crippen LogP contribution in [0.4, 0.5) is 5.82 Å². The number of carboxylic acid groups (broad SMARTS) is 1. The van der Waals surface area contributed by atoms with E-state index in [1.54, 1.807) is 54.6 Å². The number of hydrogen-bond donors (Lipinski definition) is 5. The smallest absolute Gasteiger partial charge is 0.335 e. The fourth-order valence-corrected chi connectivity index (χ4v) is 5.26. The SMILES string of the molecule is COc1ccc(C[C@H](N)C(=O)N(C(=O)[C@H](N)Cc2ccccc2)[C@H]2[C@@H](O)[C@H](n3cnc4c(N)ncnc43)O[C@@H]2C(=O)O)cc1. The molecule has 6 atom stereocenters. The first-order valence-electron chi connectivity index (χ1n) is 13.6. The van der Waals surface area contributed by atoms with Crippen LogP contribution in [0.15, 0.2) is 67.3 Å². The summed E-state index contributed by atoms with van der Waals surface area (Å²) in [4.78, 5) is 53.3. The summed E-state index contributed by atoms with van der Waals surface area (Å²) in [6, 6.07) is 11.4. The van der Waals surface area contributed by atoms with Gasteiger partial charge in [-0.05, 0) is 36.1 Å². The Morgan fingerprint density at radius 3 is 2.18 bits per heavy atom. The Hall–Kier alpha value is -4.96. The minimum atomic E-state index is -1.85. The maximum Gasteiger partial charge on any atom is 0.335 e. The van der Waals surface area contributed by atoms with Gasteiger partial charge in [0.05, 0.1) is 25.5 Å². The Labute approximate surface area is 251 Å². The van der Waals surface area contributed by atoms with E-state index in [-0.39, 0.29) is 29.8 Å². The molecule has 0 saturated carbocycles. The second kappa shape index (κ2) is 12.7. The van der Waals surface area contributed by atoms with Crippen molar-refractivity contribution >= 4 is 34.8 Å². The number of methoxy groups -OCH3 is 1. The highest BCUT2D eigenvalue weighted by Gasteiger charge is 2.55. The van der Waals surface area contributed by atoms with Crippen molar-refractivity contribution in [3.63, 3.8) is 0 Å². The minimum Gasteiger partial charge on any atom is -0.497 e. The molecule has 2 aromatic carbocycles. The predicted molar refractivity (Wildman–Crippen MR) is 156 cm³/mol. The van der Waals surface area contributed by atoms with E-state index in [1.165, 1.54) is 24.3 Å². The lowest BCUT2D eigenvalue weighted by Crippen LogP contribution is -2.62. The van der Waals surface area contributed by atoms with Crippen LogP contribution in [0.1, 0.15) is 17.4 Å². The lowest BCUT2D eigenvalue weighted by Gasteiger charge is -2.34. The molecule has 44 heavy (non-hydrogen) atoms. The van der Waals surface area contributed by atoms with E-state index >= 15 is 0 Å². The van der Waals surface area contributed by atoms with Crippen LogP contribution in [-0.2, 0) is 32.0 Å². The van der Waals surface area contributed by atoms with Gasteiger partial charge >= 0.3 is 5.97 Å². The van der Waals surface area contributed by atoms with Crippen LogP contribution in [0.2, 0.25) is 0 Å². The number of nitrogens with two attached hydrogens (primary N) is 3. The molecule has 5 rings (SSSR count). The first-order valence-corrected chi connectivity index (χ1v) is 13.6. The van der Waals surface area contributed by atoms with Crippen LogP contribution in [0.25, 0.3) is 11.2 Å². The van der Waals surface area contributed by atoms with Crippen molar-refractivity contribution in [2.24, 2.45) is 11.5 Å². The number of anilines is 1. The fraction of sp³-hybridized carbons (Fsp3) is 0.310. The summed E-state index contributed by atoms with van der Waals surface area (Å²) >= 11 is 0. The number of fused-ring (bicyclic) bond motifs is 1. The van der Waals surface area contributed by atoms with Gasteiger partial charge in [0.15, 0.2) is 23.8 Å². The summed E-state index contributed by atoms with van der Waals surface area (Å²) in [5.74, 6) is -2.74. The highest BCUT2D eigenvalue weighted by Crippen LogP contribution is 2.35. The van der Waals surface area contributed by atoms with Crippen LogP contribution in [0.3, 0.4) is 0 Å². The zero-order chi connectivity index (χ0) is 31.5. The van der Waals surface area contributed by atoms with Gasteiger partial charge in [-0.15, -0.1) is 0 Å². The summed E-state index contributed by atoms with van der Waals surface area (Å²) in [7, 11) is 1.52. The number of carbonyl (C=O) groups is 3. The molecule has 2 amide bonds. The maximum absolute atomic E-state index is 14.0. The molecule has 230 valence electrons. The van der Waals surface area contributed by atoms with E-state index in [0.29, 0.717) is 21.8 Å². The van der Waals surface area contributed by atoms with Gasteiger partial charge in [0.25, 0.3) is 0 Å². The number of aromatic nitrogens is 4. The Morgan fingerprint density at radius 2 is 1.59 bits per heavy atom. The van der Waals surface area contributed by atoms with Gasteiger partial charge in [-0.1, -0.05) is 42.5 Å². The zero-order valence-electron chi connectivity index (χ0n) is 23.6. The fourth-order valence-electron chi connectivity index (χ4n) is 5.26. The average Bonchev–Trinajstić information content (AvgIpc) is 3.60. The monoisotopic (exact) mass is 604 g/mol. The van der Waals surface area contributed by atoms with Gasteiger partial charge in [0.1, 0.15) is 29.7 Å². The number of aliphatic hydroxyl groups excluding tert-OH is 1. The molecular formula is C29H32N8O7. The molecule has 0 radical (unpaired) electrons. The van der Waals surface area contributed by atoms with Gasteiger partial charge in [-0.2, -0.15) is 0 Å². The van der Waals surface area contributed by atoms with Crippen LogP contribution in [-0.4, -0.2) is 89.9 Å². The number of benzene rings is 2. The second-order valence-electron chi connectivity index (χ2n) is 10.4. The second-order valence-corrected chi connectivity index (χ2v) is 10.4. The Bertz CT molecular complexity index is 1650. The van der Waals surface area contributed by atoms with Crippen molar-refractivity contribution in [3.8, 4) is 5.75 Å². The number of hydrogen-bond acceptors (Lipinski definition) is 12. The standard InChI is InChI=1S/C29H32N8O7/c1-43-17-9-7-16(8-10-17)12-19(31)27(40)37(26(39)18(30)11-15-5-3-2-4-6-15)21-22(38)28(44-23(21)29(41)42)36-14-35-20-24(32)33-13-34-25(20)36/h2-10,13-14,18-19,21-23,28,38H,11-12,30-31H2,1H3,(H,41,42)(H2,32,33,34)/t18-,19+,21+,22-,23+,28-/m1/s1. The van der Waals surface area contributed by atoms with E-state index in [1.807, 2.05) is 0 Å². The molecule has 15 heteroatoms. The van der Waals surface area contributed by atoms with Crippen LogP contribution in [0.5, 0.6) is 5.75 Å². The van der Waals surface area contributed by atoms with E-state index in [0.717, 1.165) is 0 Å². The van der Waals surface area contributed by atoms with Gasteiger partial charge in [0.2, 0.25) is 11.8 Å². The van der Waals surface area contributed by atoms with Crippen molar-refractivity contribution in [3.05, 3.63) is 78.4 Å². The number of ether oxygens (including phenoxy) is 2. The Balaban J connectivity index is 1.51. The number of aliphatic hydroxyl groups is 1. The average molecular weight is 605 g/mol. The van der Waals surface area contributed by atoms with Gasteiger partial charge in [-0.25, -0.2) is 19.7 Å². The zero-order valence-corrected chi connectivity index (χ0v) is 23.6. The van der Waals surface area contributed by atoms with E-state index in [9.17, 15) is 24.6 Å². The Kier molecular flexibility index (Phi) is 8.82. The summed E-state index contributed by atoms with van der Waals surface area (Å²) in [5.41, 5.74) is 20.2. The maximum atomic E-state index is 14.0. The van der Waals surface area contributed by atoms with Crippen molar-refractivity contribution in [1.82, 2.24) is 24.4 Å². The summed E-state index contributed by atoms with van der Waals surface area (Å²) in [6.45, 7) is 0. The molecule has 8 N–H and O–H groups in total. The number of imide groups is 1. The number of imidazole rings is 1. The van der Waals surface area contributed by atoms with Crippen molar-refractivity contribution in [1.29, 1.82) is 0 Å². The third kappa shape index (κ3) is 5.93. The summed E-state index contributed by atoms with van der Waals surface area (Å²) in [6.07, 6.45) is -2.59. The first-order chi connectivity index (χ1) is 21.1. The number of aliphatic carboxylic acids is 1. The molecule has 3 heterocycles. The molecule has 2 aromatic heterocycles. The number of rotatable bonds is 10. The number of carboxylic acids is 1. The van der Waals surface area contributed by atoms with E-state index in [2.05, 4.69) is 15.0 Å². The van der Waals surface area contributed by atoms with E-state index in [4.69, 9.17) is 26.7 Å². The molecule has 0 bridgehead atoms. The molecule has 15 nitrogen and oxygen atoms in total. The van der Waals surface area contributed by atoms with Gasteiger partial charge in [-0.3, -0.25) is 19.1 Å². The predicted octanol–water partition coefficient (Wildman–Crippen LogP) is -0.376. The normalized spacial score (nSPS) is 21.1. The van der Waals surface area contributed by atoms with Crippen LogP contribution in [0, 0.1) is 0 Å². The van der Waals surface area contributed by atoms with Crippen molar-refractivity contribution in [2.75, 3.05) is 12.8 Å². The van der Waals surface area contributed by atoms with Crippen LogP contribution >= 0.6 is 0 Å². The highest BCUT2D eigenvalue weighted by molar-refractivity contribution is 6.01. The van der Waals surface area contributed by atoms with Crippen molar-refractivity contribution in [2.45, 2.75) is 49.4 Å². The molecule has 1 saturated heterocycles. The number of amides is 2. The number of nitrogens with zero attached hydrogens (tertiary/aromatic N) is 5. The van der Waals surface area contributed by atoms with Crippen molar-refractivity contribution < 1.29 is 34.1 Å². The Morgan fingerprint density at radius 1 is 0.977 bits per heavy atom. The van der Waals surface area contributed by atoms with Gasteiger partial charge < -0.3 is 36.9 Å². The molecule has 1 fully saturated rings. The quantitative estimate of drug-likeness (QED) is 0.155. The molecule has 1 aliphatic rings. The lowest BCUT2D eigenvalue weighted by molar-refractivity contribution is -0.159. The molecule has 0 spiro atoms. The third-order valence-corrected chi connectivity index (χ3v) is 7.46. The first kappa shape index (κ1) is 30.5. The molecule has 4 aromatic rings. The number of nitrogen functional groups attached to an aromatic ring is 1. The van der Waals surface area contributed by atoms with Crippen LogP contribution < -0.4 is 21.9 Å². The molecule has 1 aliphatic heterocycles. The summed E-state index contributed by atoms with van der Waals surface area (Å²) < 4.78 is 12.2. The third-order valence-electron chi connectivity index (χ3n) is 7.46.